The Balaban J connectivity index is 1.28. The van der Waals surface area contributed by atoms with Crippen LogP contribution in [0, 0.1) is 18.8 Å². The lowest BCUT2D eigenvalue weighted by molar-refractivity contribution is -0.0281. The largest absolute Gasteiger partial charge is 0.280 e. The van der Waals surface area contributed by atoms with Gasteiger partial charge in [0.05, 0.1) is 4.90 Å². The summed E-state index contributed by atoms with van der Waals surface area (Å²) in [6.45, 7) is 1.95. The molecule has 7 rings (SSSR count). The van der Waals surface area contributed by atoms with Crippen LogP contribution in [0.5, 0.6) is 0 Å². The molecule has 1 N–H and O–H groups in total. The van der Waals surface area contributed by atoms with E-state index < -0.39 is 10.0 Å². The first-order valence-corrected chi connectivity index (χ1v) is 13.6. The second-order valence-corrected chi connectivity index (χ2v) is 12.6. The summed E-state index contributed by atoms with van der Waals surface area (Å²) in [7, 11) is -3.58. The molecule has 3 aromatic carbocycles. The minimum absolute atomic E-state index is 0.217. The summed E-state index contributed by atoms with van der Waals surface area (Å²) in [5, 5.41) is 0. The van der Waals surface area contributed by atoms with Crippen molar-refractivity contribution in [3.05, 3.63) is 95.6 Å². The van der Waals surface area contributed by atoms with E-state index in [1.54, 1.807) is 12.1 Å². The second kappa shape index (κ2) is 7.46. The molecule has 0 aromatic heterocycles. The summed E-state index contributed by atoms with van der Waals surface area (Å²) in [5.74, 6) is 1.59. The van der Waals surface area contributed by atoms with Crippen LogP contribution >= 0.6 is 0 Å². The third-order valence-corrected chi connectivity index (χ3v) is 9.93. The number of hydrogen-bond acceptors (Lipinski definition) is 2. The standard InChI is InChI=1S/C29H31NO2S/c1-21-7-13-27(14-8-21)33(31,32)30-26-11-9-25(10-12-26)29-18-22-15-23(19-29)17-28(16-22,20-29)24-5-3-2-4-6-24/h2-14,22-23,30H,15-20H2,1H3. The smallest absolute Gasteiger partial charge is 0.261 e. The minimum atomic E-state index is -3.58. The Kier molecular flexibility index (Phi) is 4.74. The molecule has 33 heavy (non-hydrogen) atoms. The molecular weight excluding hydrogens is 426 g/mol. The summed E-state index contributed by atoms with van der Waals surface area (Å²) in [5.41, 5.74) is 5.09. The van der Waals surface area contributed by atoms with Crippen molar-refractivity contribution in [2.75, 3.05) is 4.72 Å². The molecule has 0 saturated heterocycles. The van der Waals surface area contributed by atoms with Crippen molar-refractivity contribution in [3.8, 4) is 0 Å². The highest BCUT2D eigenvalue weighted by Crippen LogP contribution is 2.66. The van der Waals surface area contributed by atoms with Gasteiger partial charge in [-0.1, -0.05) is 60.2 Å². The maximum absolute atomic E-state index is 12.8. The lowest BCUT2D eigenvalue weighted by atomic mass is 9.42. The Labute approximate surface area is 197 Å². The third kappa shape index (κ3) is 3.59. The summed E-state index contributed by atoms with van der Waals surface area (Å²) in [6, 6.07) is 26.4. The number of sulfonamides is 1. The first-order valence-electron chi connectivity index (χ1n) is 12.1. The monoisotopic (exact) mass is 457 g/mol. The molecule has 4 fully saturated rings. The summed E-state index contributed by atoms with van der Waals surface area (Å²) >= 11 is 0. The summed E-state index contributed by atoms with van der Waals surface area (Å²) in [6.07, 6.45) is 7.78. The van der Waals surface area contributed by atoms with Gasteiger partial charge in [0.25, 0.3) is 10.0 Å². The molecule has 3 nitrogen and oxygen atoms in total. The van der Waals surface area contributed by atoms with E-state index in [1.165, 1.54) is 49.7 Å². The van der Waals surface area contributed by atoms with Crippen LogP contribution in [0.25, 0.3) is 0 Å². The van der Waals surface area contributed by atoms with Crippen LogP contribution in [0.3, 0.4) is 0 Å². The van der Waals surface area contributed by atoms with E-state index in [-0.39, 0.29) is 5.41 Å². The van der Waals surface area contributed by atoms with Gasteiger partial charge in [-0.05, 0) is 104 Å². The molecule has 4 saturated carbocycles. The van der Waals surface area contributed by atoms with Crippen LogP contribution in [0.15, 0.2) is 83.8 Å². The van der Waals surface area contributed by atoms with E-state index in [0.717, 1.165) is 17.4 Å². The molecule has 4 aliphatic rings. The fourth-order valence-corrected chi connectivity index (χ4v) is 8.61. The van der Waals surface area contributed by atoms with E-state index in [9.17, 15) is 8.42 Å². The van der Waals surface area contributed by atoms with Gasteiger partial charge in [-0.3, -0.25) is 4.72 Å². The Morgan fingerprint density at radius 2 is 1.27 bits per heavy atom. The van der Waals surface area contributed by atoms with Crippen molar-refractivity contribution in [3.63, 3.8) is 0 Å². The summed E-state index contributed by atoms with van der Waals surface area (Å²) < 4.78 is 28.4. The predicted molar refractivity (Wildman–Crippen MR) is 133 cm³/mol. The maximum Gasteiger partial charge on any atom is 0.261 e. The molecule has 0 radical (unpaired) electrons. The average molecular weight is 458 g/mol. The molecule has 3 aromatic rings. The Bertz CT molecular complexity index is 1250. The zero-order chi connectivity index (χ0) is 22.7. The molecule has 170 valence electrons. The van der Waals surface area contributed by atoms with Crippen molar-refractivity contribution >= 4 is 15.7 Å². The maximum atomic E-state index is 12.8. The average Bonchev–Trinajstić information content (AvgIpc) is 2.79. The van der Waals surface area contributed by atoms with Crippen molar-refractivity contribution in [1.82, 2.24) is 0 Å². The SMILES string of the molecule is Cc1ccc(S(=O)(=O)Nc2ccc(C34CC5CC(CC(c6ccccc6)(C5)C3)C4)cc2)cc1. The van der Waals surface area contributed by atoms with Crippen LogP contribution in [0.1, 0.15) is 55.2 Å². The molecule has 0 aliphatic heterocycles. The number of benzene rings is 3. The van der Waals surface area contributed by atoms with Gasteiger partial charge in [-0.2, -0.15) is 0 Å². The van der Waals surface area contributed by atoms with Gasteiger partial charge in [-0.25, -0.2) is 8.42 Å². The normalized spacial score (nSPS) is 30.3. The summed E-state index contributed by atoms with van der Waals surface area (Å²) in [4.78, 5) is 0.295. The molecule has 0 heterocycles. The minimum Gasteiger partial charge on any atom is -0.280 e. The lowest BCUT2D eigenvalue weighted by Gasteiger charge is -2.62. The van der Waals surface area contributed by atoms with E-state index in [4.69, 9.17) is 0 Å². The van der Waals surface area contributed by atoms with Crippen LogP contribution in [-0.4, -0.2) is 8.42 Å². The van der Waals surface area contributed by atoms with Crippen molar-refractivity contribution in [2.45, 2.75) is 61.2 Å². The van der Waals surface area contributed by atoms with Gasteiger partial charge >= 0.3 is 0 Å². The van der Waals surface area contributed by atoms with Crippen LogP contribution in [-0.2, 0) is 20.9 Å². The Hall–Kier alpha value is -2.59. The Morgan fingerprint density at radius 3 is 1.85 bits per heavy atom. The van der Waals surface area contributed by atoms with E-state index in [1.807, 2.05) is 31.2 Å². The van der Waals surface area contributed by atoms with E-state index >= 15 is 0 Å². The highest BCUT2D eigenvalue weighted by molar-refractivity contribution is 7.92. The molecule has 2 unspecified atom stereocenters. The zero-order valence-corrected chi connectivity index (χ0v) is 19.9. The lowest BCUT2D eigenvalue weighted by Crippen LogP contribution is -2.55. The molecule has 0 amide bonds. The molecule has 4 aliphatic carbocycles. The second-order valence-electron chi connectivity index (χ2n) is 10.9. The molecule has 0 spiro atoms. The highest BCUT2D eigenvalue weighted by Gasteiger charge is 2.58. The number of anilines is 1. The Morgan fingerprint density at radius 1 is 0.727 bits per heavy atom. The van der Waals surface area contributed by atoms with Crippen molar-refractivity contribution in [1.29, 1.82) is 0 Å². The first kappa shape index (κ1) is 21.0. The zero-order valence-electron chi connectivity index (χ0n) is 19.1. The van der Waals surface area contributed by atoms with Gasteiger partial charge < -0.3 is 0 Å². The highest BCUT2D eigenvalue weighted by atomic mass is 32.2. The van der Waals surface area contributed by atoms with Crippen LogP contribution < -0.4 is 4.72 Å². The van der Waals surface area contributed by atoms with Crippen molar-refractivity contribution in [2.24, 2.45) is 11.8 Å². The fourth-order valence-electron chi connectivity index (χ4n) is 7.55. The van der Waals surface area contributed by atoms with E-state index in [2.05, 4.69) is 47.2 Å². The fraction of sp³-hybridized carbons (Fsp3) is 0.379. The number of hydrogen-bond donors (Lipinski definition) is 1. The first-order chi connectivity index (χ1) is 15.9. The van der Waals surface area contributed by atoms with Gasteiger partial charge in [0.2, 0.25) is 0 Å². The van der Waals surface area contributed by atoms with Crippen LogP contribution in [0.2, 0.25) is 0 Å². The number of nitrogens with one attached hydrogen (secondary N) is 1. The topological polar surface area (TPSA) is 46.2 Å². The van der Waals surface area contributed by atoms with E-state index in [0.29, 0.717) is 16.0 Å². The molecule has 4 bridgehead atoms. The third-order valence-electron chi connectivity index (χ3n) is 8.53. The van der Waals surface area contributed by atoms with Gasteiger partial charge in [-0.15, -0.1) is 0 Å². The van der Waals surface area contributed by atoms with Crippen LogP contribution in [0.4, 0.5) is 5.69 Å². The molecule has 4 heteroatoms. The quantitative estimate of drug-likeness (QED) is 0.470. The number of rotatable bonds is 5. The van der Waals surface area contributed by atoms with Gasteiger partial charge in [0.1, 0.15) is 0 Å². The molecule has 2 atom stereocenters. The number of aryl methyl sites for hydroxylation is 1. The molecular formula is C29H31NO2S. The van der Waals surface area contributed by atoms with Gasteiger partial charge in [0, 0.05) is 5.69 Å². The van der Waals surface area contributed by atoms with Crippen molar-refractivity contribution < 1.29 is 8.42 Å². The van der Waals surface area contributed by atoms with Gasteiger partial charge in [0.15, 0.2) is 0 Å². The predicted octanol–water partition coefficient (Wildman–Crippen LogP) is 6.59.